The predicted octanol–water partition coefficient (Wildman–Crippen LogP) is 3.38. The van der Waals surface area contributed by atoms with Gasteiger partial charge in [-0.05, 0) is 32.4 Å². The van der Waals surface area contributed by atoms with E-state index in [2.05, 4.69) is 49.3 Å². The summed E-state index contributed by atoms with van der Waals surface area (Å²) >= 11 is 0. The zero-order valence-electron chi connectivity index (χ0n) is 11.4. The maximum Gasteiger partial charge on any atom is 0.0794 e. The normalized spacial score (nSPS) is 11.8. The van der Waals surface area contributed by atoms with Crippen LogP contribution in [-0.4, -0.2) is 24.2 Å². The van der Waals surface area contributed by atoms with E-state index >= 15 is 0 Å². The van der Waals surface area contributed by atoms with Gasteiger partial charge in [0.15, 0.2) is 0 Å². The smallest absolute Gasteiger partial charge is 0.0794 e. The minimum absolute atomic E-state index is 0.181. The fourth-order valence-electron chi connectivity index (χ4n) is 1.86. The first-order valence-corrected chi connectivity index (χ1v) is 6.17. The zero-order valence-corrected chi connectivity index (χ0v) is 11.4. The quantitative estimate of drug-likeness (QED) is 0.895. The monoisotopic (exact) mass is 244 g/mol. The molecule has 1 heterocycles. The molecule has 0 saturated heterocycles. The first-order chi connectivity index (χ1) is 8.53. The van der Waals surface area contributed by atoms with Gasteiger partial charge in [0.1, 0.15) is 0 Å². The van der Waals surface area contributed by atoms with Gasteiger partial charge >= 0.3 is 0 Å². The van der Waals surface area contributed by atoms with Crippen molar-refractivity contribution in [2.45, 2.75) is 26.4 Å². The summed E-state index contributed by atoms with van der Waals surface area (Å²) in [6.07, 6.45) is 1.84. The van der Waals surface area contributed by atoms with Crippen molar-refractivity contribution in [3.05, 3.63) is 36.0 Å². The molecule has 0 bridgehead atoms. The second-order valence-corrected chi connectivity index (χ2v) is 5.15. The Bertz CT molecular complexity index is 549. The van der Waals surface area contributed by atoms with Crippen LogP contribution in [0.1, 0.15) is 19.4 Å². The molecule has 0 unspecified atom stereocenters. The summed E-state index contributed by atoms with van der Waals surface area (Å²) in [7, 11) is 1.73. The average Bonchev–Trinajstić information content (AvgIpc) is 2.37. The van der Waals surface area contributed by atoms with E-state index in [1.807, 2.05) is 12.3 Å². The Hall–Kier alpha value is -1.61. The molecule has 3 heteroatoms. The fraction of sp³-hybridized carbons (Fsp3) is 0.400. The Morgan fingerprint density at radius 3 is 2.78 bits per heavy atom. The van der Waals surface area contributed by atoms with Crippen LogP contribution in [0.2, 0.25) is 0 Å². The molecule has 1 aromatic heterocycles. The van der Waals surface area contributed by atoms with Crippen LogP contribution >= 0.6 is 0 Å². The van der Waals surface area contributed by atoms with Gasteiger partial charge in [-0.25, -0.2) is 0 Å². The molecule has 1 N–H and O–H groups in total. The van der Waals surface area contributed by atoms with Crippen LogP contribution in [0, 0.1) is 6.92 Å². The topological polar surface area (TPSA) is 34.1 Å². The highest BCUT2D eigenvalue weighted by Gasteiger charge is 2.16. The highest BCUT2D eigenvalue weighted by Crippen LogP contribution is 2.24. The maximum atomic E-state index is 5.42. The first kappa shape index (κ1) is 12.8. The SMILES string of the molecule is COC(C)(C)CNc1ccnc2c(C)cccc12. The van der Waals surface area contributed by atoms with Gasteiger partial charge in [-0.3, -0.25) is 4.98 Å². The second-order valence-electron chi connectivity index (χ2n) is 5.15. The molecule has 0 aliphatic carbocycles. The number of ether oxygens (including phenoxy) is 1. The summed E-state index contributed by atoms with van der Waals surface area (Å²) < 4.78 is 5.42. The summed E-state index contributed by atoms with van der Waals surface area (Å²) in [6, 6.07) is 8.25. The molecule has 0 amide bonds. The largest absolute Gasteiger partial charge is 0.382 e. The van der Waals surface area contributed by atoms with Gasteiger partial charge in [0.05, 0.1) is 11.1 Å². The first-order valence-electron chi connectivity index (χ1n) is 6.17. The number of anilines is 1. The predicted molar refractivity (Wildman–Crippen MR) is 76.1 cm³/mol. The van der Waals surface area contributed by atoms with E-state index in [4.69, 9.17) is 4.74 Å². The third kappa shape index (κ3) is 2.62. The lowest BCUT2D eigenvalue weighted by molar-refractivity contribution is 0.0344. The number of nitrogens with zero attached hydrogens (tertiary/aromatic N) is 1. The van der Waals surface area contributed by atoms with Gasteiger partial charge in [0.2, 0.25) is 0 Å². The highest BCUT2D eigenvalue weighted by atomic mass is 16.5. The fourth-order valence-corrected chi connectivity index (χ4v) is 1.86. The Morgan fingerprint density at radius 2 is 2.06 bits per heavy atom. The number of fused-ring (bicyclic) bond motifs is 1. The van der Waals surface area contributed by atoms with Crippen molar-refractivity contribution in [1.82, 2.24) is 4.98 Å². The second kappa shape index (κ2) is 4.94. The molecule has 0 aliphatic heterocycles. The van der Waals surface area contributed by atoms with E-state index in [0.717, 1.165) is 23.1 Å². The van der Waals surface area contributed by atoms with Crippen molar-refractivity contribution in [2.75, 3.05) is 19.0 Å². The van der Waals surface area contributed by atoms with Crippen molar-refractivity contribution in [1.29, 1.82) is 0 Å². The molecule has 2 rings (SSSR count). The Labute approximate surface area is 108 Å². The minimum Gasteiger partial charge on any atom is -0.382 e. The van der Waals surface area contributed by atoms with Gasteiger partial charge in [-0.1, -0.05) is 18.2 Å². The number of nitrogens with one attached hydrogen (secondary N) is 1. The summed E-state index contributed by atoms with van der Waals surface area (Å²) in [5.41, 5.74) is 3.17. The van der Waals surface area contributed by atoms with E-state index in [0.29, 0.717) is 0 Å². The molecule has 0 aliphatic rings. The lowest BCUT2D eigenvalue weighted by Gasteiger charge is -2.24. The molecular formula is C15H20N2O. The van der Waals surface area contributed by atoms with E-state index < -0.39 is 0 Å². The number of benzene rings is 1. The molecular weight excluding hydrogens is 224 g/mol. The lowest BCUT2D eigenvalue weighted by Crippen LogP contribution is -2.32. The lowest BCUT2D eigenvalue weighted by atomic mass is 10.1. The molecule has 18 heavy (non-hydrogen) atoms. The summed E-state index contributed by atoms with van der Waals surface area (Å²) in [5.74, 6) is 0. The Balaban J connectivity index is 2.32. The van der Waals surface area contributed by atoms with Crippen molar-refractivity contribution in [2.24, 2.45) is 0 Å². The molecule has 0 fully saturated rings. The highest BCUT2D eigenvalue weighted by molar-refractivity contribution is 5.92. The standard InChI is InChI=1S/C15H20N2O/c1-11-6-5-7-12-13(8-9-16-14(11)12)17-10-15(2,3)18-4/h5-9H,10H2,1-4H3,(H,16,17). The van der Waals surface area contributed by atoms with Gasteiger partial charge < -0.3 is 10.1 Å². The molecule has 0 saturated carbocycles. The van der Waals surface area contributed by atoms with E-state index in [9.17, 15) is 0 Å². The van der Waals surface area contributed by atoms with Crippen molar-refractivity contribution in [3.63, 3.8) is 0 Å². The third-order valence-corrected chi connectivity index (χ3v) is 3.23. The summed E-state index contributed by atoms with van der Waals surface area (Å²) in [6.45, 7) is 6.97. The Morgan fingerprint density at radius 1 is 1.28 bits per heavy atom. The molecule has 0 atom stereocenters. The molecule has 1 aromatic carbocycles. The number of hydrogen-bond donors (Lipinski definition) is 1. The molecule has 0 radical (unpaired) electrons. The Kier molecular flexibility index (Phi) is 3.53. The molecule has 96 valence electrons. The summed E-state index contributed by atoms with van der Waals surface area (Å²) in [5, 5.41) is 4.60. The average molecular weight is 244 g/mol. The number of aromatic nitrogens is 1. The number of para-hydroxylation sites is 1. The number of hydrogen-bond acceptors (Lipinski definition) is 3. The third-order valence-electron chi connectivity index (χ3n) is 3.23. The number of pyridine rings is 1. The van der Waals surface area contributed by atoms with Crippen LogP contribution < -0.4 is 5.32 Å². The van der Waals surface area contributed by atoms with E-state index in [-0.39, 0.29) is 5.60 Å². The van der Waals surface area contributed by atoms with Crippen molar-refractivity contribution in [3.8, 4) is 0 Å². The van der Waals surface area contributed by atoms with E-state index in [1.165, 1.54) is 5.56 Å². The van der Waals surface area contributed by atoms with E-state index in [1.54, 1.807) is 7.11 Å². The number of methoxy groups -OCH3 is 1. The summed E-state index contributed by atoms with van der Waals surface area (Å²) in [4.78, 5) is 4.43. The zero-order chi connectivity index (χ0) is 13.2. The van der Waals surface area contributed by atoms with Crippen molar-refractivity contribution >= 4 is 16.6 Å². The van der Waals surface area contributed by atoms with Crippen LogP contribution in [0.3, 0.4) is 0 Å². The van der Waals surface area contributed by atoms with Crippen LogP contribution in [-0.2, 0) is 4.74 Å². The van der Waals surface area contributed by atoms with Gasteiger partial charge in [-0.2, -0.15) is 0 Å². The van der Waals surface area contributed by atoms with Crippen LogP contribution in [0.15, 0.2) is 30.5 Å². The molecule has 3 nitrogen and oxygen atoms in total. The van der Waals surface area contributed by atoms with Crippen molar-refractivity contribution < 1.29 is 4.74 Å². The van der Waals surface area contributed by atoms with Crippen LogP contribution in [0.5, 0.6) is 0 Å². The minimum atomic E-state index is -0.181. The molecule has 0 spiro atoms. The number of rotatable bonds is 4. The molecule has 2 aromatic rings. The number of aryl methyl sites for hydroxylation is 1. The van der Waals surface area contributed by atoms with Crippen LogP contribution in [0.4, 0.5) is 5.69 Å². The van der Waals surface area contributed by atoms with Gasteiger partial charge in [0, 0.05) is 30.9 Å². The van der Waals surface area contributed by atoms with Gasteiger partial charge in [0.25, 0.3) is 0 Å². The maximum absolute atomic E-state index is 5.42. The van der Waals surface area contributed by atoms with Crippen LogP contribution in [0.25, 0.3) is 10.9 Å². The van der Waals surface area contributed by atoms with Gasteiger partial charge in [-0.15, -0.1) is 0 Å².